The summed E-state index contributed by atoms with van der Waals surface area (Å²) in [6.45, 7) is 5.78. The van der Waals surface area contributed by atoms with Gasteiger partial charge in [0, 0.05) is 24.3 Å². The SMILES string of the molecule is CC(C)(C)OC(=O)NCc1ccc(/C(=C/c2ccnc3[nH]ccc23)CO)cc1. The zero-order valence-electron chi connectivity index (χ0n) is 16.3. The standard InChI is InChI=1S/C22H25N3O3/c1-22(2,3)28-21(27)25-13-15-4-6-16(7-5-15)18(14-26)12-17-8-10-23-20-19(17)9-11-24-20/h4-12,26H,13-14H2,1-3H3,(H,23,24)(H,25,27)/b18-12+. The summed E-state index contributed by atoms with van der Waals surface area (Å²) < 4.78 is 5.23. The molecule has 0 radical (unpaired) electrons. The molecule has 0 unspecified atom stereocenters. The number of pyridine rings is 1. The van der Waals surface area contributed by atoms with E-state index in [0.29, 0.717) is 6.54 Å². The fourth-order valence-electron chi connectivity index (χ4n) is 2.84. The van der Waals surface area contributed by atoms with Crippen molar-refractivity contribution in [1.29, 1.82) is 0 Å². The number of nitrogens with one attached hydrogen (secondary N) is 2. The number of fused-ring (bicyclic) bond motifs is 1. The zero-order chi connectivity index (χ0) is 20.1. The van der Waals surface area contributed by atoms with Crippen molar-refractivity contribution < 1.29 is 14.6 Å². The molecule has 6 nitrogen and oxygen atoms in total. The Morgan fingerprint density at radius 2 is 1.96 bits per heavy atom. The van der Waals surface area contributed by atoms with Gasteiger partial charge in [0.15, 0.2) is 0 Å². The number of carbonyl (C=O) groups is 1. The molecule has 3 N–H and O–H groups in total. The lowest BCUT2D eigenvalue weighted by molar-refractivity contribution is 0.0523. The van der Waals surface area contributed by atoms with Crippen LogP contribution < -0.4 is 5.32 Å². The number of ether oxygens (including phenoxy) is 1. The molecule has 0 aliphatic heterocycles. The Balaban J connectivity index is 1.72. The minimum Gasteiger partial charge on any atom is -0.444 e. The second-order valence-corrected chi connectivity index (χ2v) is 7.52. The van der Waals surface area contributed by atoms with Gasteiger partial charge in [0.2, 0.25) is 0 Å². The molecule has 3 rings (SSSR count). The van der Waals surface area contributed by atoms with E-state index in [0.717, 1.165) is 33.3 Å². The van der Waals surface area contributed by atoms with E-state index in [1.165, 1.54) is 0 Å². The maximum absolute atomic E-state index is 11.8. The van der Waals surface area contributed by atoms with Gasteiger partial charge in [0.25, 0.3) is 0 Å². The van der Waals surface area contributed by atoms with Crippen molar-refractivity contribution in [3.63, 3.8) is 0 Å². The van der Waals surface area contributed by atoms with Crippen LogP contribution in [0.3, 0.4) is 0 Å². The molecule has 0 fully saturated rings. The van der Waals surface area contributed by atoms with Gasteiger partial charge < -0.3 is 20.1 Å². The molecule has 146 valence electrons. The third-order valence-corrected chi connectivity index (χ3v) is 4.15. The lowest BCUT2D eigenvalue weighted by Gasteiger charge is -2.19. The minimum atomic E-state index is -0.521. The highest BCUT2D eigenvalue weighted by atomic mass is 16.6. The smallest absolute Gasteiger partial charge is 0.407 e. The average Bonchev–Trinajstić information content (AvgIpc) is 3.13. The van der Waals surface area contributed by atoms with E-state index in [1.54, 1.807) is 6.20 Å². The number of carbonyl (C=O) groups excluding carboxylic acids is 1. The first-order chi connectivity index (χ1) is 13.4. The van der Waals surface area contributed by atoms with E-state index in [9.17, 15) is 9.90 Å². The predicted molar refractivity (Wildman–Crippen MR) is 111 cm³/mol. The number of amides is 1. The number of aromatic amines is 1. The molecule has 1 aromatic carbocycles. The lowest BCUT2D eigenvalue weighted by atomic mass is 10.0. The Morgan fingerprint density at radius 1 is 1.21 bits per heavy atom. The van der Waals surface area contributed by atoms with Gasteiger partial charge in [0.1, 0.15) is 11.2 Å². The molecular weight excluding hydrogens is 354 g/mol. The van der Waals surface area contributed by atoms with Crippen molar-refractivity contribution in [3.05, 3.63) is 65.5 Å². The number of aliphatic hydroxyl groups excluding tert-OH is 1. The summed E-state index contributed by atoms with van der Waals surface area (Å²) in [4.78, 5) is 19.1. The maximum Gasteiger partial charge on any atom is 0.407 e. The molecular formula is C22H25N3O3. The van der Waals surface area contributed by atoms with Crippen LogP contribution in [0.1, 0.15) is 37.5 Å². The summed E-state index contributed by atoms with van der Waals surface area (Å²) in [5.74, 6) is 0. The van der Waals surface area contributed by atoms with E-state index in [-0.39, 0.29) is 6.61 Å². The van der Waals surface area contributed by atoms with Gasteiger partial charge in [-0.2, -0.15) is 0 Å². The van der Waals surface area contributed by atoms with Crippen LogP contribution in [0, 0.1) is 0 Å². The predicted octanol–water partition coefficient (Wildman–Crippen LogP) is 4.12. The van der Waals surface area contributed by atoms with Gasteiger partial charge in [-0.3, -0.25) is 0 Å². The van der Waals surface area contributed by atoms with Crippen LogP contribution in [0.4, 0.5) is 4.79 Å². The Labute approximate surface area is 164 Å². The number of nitrogens with zero attached hydrogens (tertiary/aromatic N) is 1. The quantitative estimate of drug-likeness (QED) is 0.622. The number of alkyl carbamates (subject to hydrolysis) is 1. The van der Waals surface area contributed by atoms with Gasteiger partial charge >= 0.3 is 6.09 Å². The molecule has 0 saturated heterocycles. The first-order valence-corrected chi connectivity index (χ1v) is 9.15. The number of aromatic nitrogens is 2. The molecule has 3 aromatic rings. The van der Waals surface area contributed by atoms with Crippen LogP contribution in [0.15, 0.2) is 48.8 Å². The van der Waals surface area contributed by atoms with E-state index < -0.39 is 11.7 Å². The van der Waals surface area contributed by atoms with Crippen LogP contribution in [0.5, 0.6) is 0 Å². The second kappa shape index (κ2) is 8.27. The average molecular weight is 379 g/mol. The number of benzene rings is 1. The lowest BCUT2D eigenvalue weighted by Crippen LogP contribution is -2.32. The van der Waals surface area contributed by atoms with Crippen LogP contribution >= 0.6 is 0 Å². The van der Waals surface area contributed by atoms with Crippen LogP contribution in [0.25, 0.3) is 22.7 Å². The number of rotatable bonds is 5. The molecule has 2 aromatic heterocycles. The summed E-state index contributed by atoms with van der Waals surface area (Å²) in [5, 5.41) is 13.6. The van der Waals surface area contributed by atoms with Crippen LogP contribution in [-0.2, 0) is 11.3 Å². The molecule has 0 bridgehead atoms. The number of H-pyrrole nitrogens is 1. The fourth-order valence-corrected chi connectivity index (χ4v) is 2.84. The van der Waals surface area contributed by atoms with Crippen molar-refractivity contribution in [2.45, 2.75) is 32.9 Å². The summed E-state index contributed by atoms with van der Waals surface area (Å²) in [7, 11) is 0. The number of aliphatic hydroxyl groups is 1. The minimum absolute atomic E-state index is 0.0796. The summed E-state index contributed by atoms with van der Waals surface area (Å²) in [6, 6.07) is 11.6. The van der Waals surface area contributed by atoms with Gasteiger partial charge in [0.05, 0.1) is 6.61 Å². The second-order valence-electron chi connectivity index (χ2n) is 7.52. The molecule has 6 heteroatoms. The number of hydrogen-bond acceptors (Lipinski definition) is 4. The summed E-state index contributed by atoms with van der Waals surface area (Å²) >= 11 is 0. The van der Waals surface area contributed by atoms with Crippen molar-refractivity contribution >= 4 is 28.8 Å². The molecule has 0 aliphatic rings. The summed E-state index contributed by atoms with van der Waals surface area (Å²) in [5.41, 5.74) is 3.96. The molecule has 28 heavy (non-hydrogen) atoms. The molecule has 0 saturated carbocycles. The Bertz CT molecular complexity index is 982. The third kappa shape index (κ3) is 4.98. The maximum atomic E-state index is 11.8. The zero-order valence-corrected chi connectivity index (χ0v) is 16.3. The van der Waals surface area contributed by atoms with E-state index in [2.05, 4.69) is 15.3 Å². The highest BCUT2D eigenvalue weighted by Crippen LogP contribution is 2.23. The highest BCUT2D eigenvalue weighted by Gasteiger charge is 2.15. The van der Waals surface area contributed by atoms with Crippen LogP contribution in [0.2, 0.25) is 0 Å². The highest BCUT2D eigenvalue weighted by molar-refractivity contribution is 5.92. The first-order valence-electron chi connectivity index (χ1n) is 9.15. The molecule has 0 aliphatic carbocycles. The number of hydrogen-bond donors (Lipinski definition) is 3. The fraction of sp³-hybridized carbons (Fsp3) is 0.273. The first kappa shape index (κ1) is 19.6. The van der Waals surface area contributed by atoms with Crippen molar-refractivity contribution in [2.24, 2.45) is 0 Å². The Hall–Kier alpha value is -3.12. The van der Waals surface area contributed by atoms with Gasteiger partial charge in [-0.05, 0) is 61.2 Å². The van der Waals surface area contributed by atoms with E-state index in [1.807, 2.05) is 69.4 Å². The van der Waals surface area contributed by atoms with Crippen LogP contribution in [-0.4, -0.2) is 33.4 Å². The van der Waals surface area contributed by atoms with Gasteiger partial charge in [-0.1, -0.05) is 24.3 Å². The van der Waals surface area contributed by atoms with Crippen molar-refractivity contribution in [3.8, 4) is 0 Å². The third-order valence-electron chi connectivity index (χ3n) is 4.15. The largest absolute Gasteiger partial charge is 0.444 e. The van der Waals surface area contributed by atoms with Gasteiger partial charge in [-0.15, -0.1) is 0 Å². The Morgan fingerprint density at radius 3 is 2.64 bits per heavy atom. The van der Waals surface area contributed by atoms with Crippen molar-refractivity contribution in [2.75, 3.05) is 6.61 Å². The monoisotopic (exact) mass is 379 g/mol. The molecule has 2 heterocycles. The van der Waals surface area contributed by atoms with Crippen molar-refractivity contribution in [1.82, 2.24) is 15.3 Å². The van der Waals surface area contributed by atoms with E-state index >= 15 is 0 Å². The topological polar surface area (TPSA) is 87.2 Å². The van der Waals surface area contributed by atoms with E-state index in [4.69, 9.17) is 4.74 Å². The Kier molecular flexibility index (Phi) is 5.80. The van der Waals surface area contributed by atoms with Gasteiger partial charge in [-0.25, -0.2) is 9.78 Å². The molecule has 1 amide bonds. The molecule has 0 atom stereocenters. The molecule has 0 spiro atoms. The normalized spacial score (nSPS) is 12.2. The summed E-state index contributed by atoms with van der Waals surface area (Å²) in [6.07, 6.45) is 5.11.